The largest absolute Gasteiger partial charge is 0.416 e. The summed E-state index contributed by atoms with van der Waals surface area (Å²) in [5.74, 6) is 0.0533. The van der Waals surface area contributed by atoms with Crippen molar-refractivity contribution in [3.63, 3.8) is 0 Å². The van der Waals surface area contributed by atoms with Crippen LogP contribution in [0.1, 0.15) is 53.1 Å². The highest BCUT2D eigenvalue weighted by atomic mass is 32.1. The Kier molecular flexibility index (Phi) is 6.16. The molecule has 0 bridgehead atoms. The topological polar surface area (TPSA) is 36.4 Å². The van der Waals surface area contributed by atoms with Crippen LogP contribution in [-0.4, -0.2) is 39.3 Å². The minimum absolute atomic E-state index is 0.0429. The lowest BCUT2D eigenvalue weighted by Crippen LogP contribution is -2.48. The normalized spacial score (nSPS) is 23.3. The molecular formula is C22H26F3N3OS. The fourth-order valence-corrected chi connectivity index (χ4v) is 5.54. The van der Waals surface area contributed by atoms with Gasteiger partial charge in [0.1, 0.15) is 0 Å². The number of hydrogen-bond donors (Lipinski definition) is 0. The number of hydrogen-bond acceptors (Lipinski definition) is 4. The Morgan fingerprint density at radius 3 is 2.73 bits per heavy atom. The van der Waals surface area contributed by atoms with Gasteiger partial charge in [-0.2, -0.15) is 13.2 Å². The number of thiazole rings is 1. The summed E-state index contributed by atoms with van der Waals surface area (Å²) >= 11 is 1.69. The molecule has 162 valence electrons. The number of amides is 1. The number of carbonyl (C=O) groups excluding carboxylic acids is 1. The summed E-state index contributed by atoms with van der Waals surface area (Å²) < 4.78 is 39.4. The summed E-state index contributed by atoms with van der Waals surface area (Å²) in [4.78, 5) is 22.8. The lowest BCUT2D eigenvalue weighted by Gasteiger charge is -2.37. The van der Waals surface area contributed by atoms with Crippen LogP contribution in [0.5, 0.6) is 0 Å². The second-order valence-corrected chi connectivity index (χ2v) is 9.52. The fourth-order valence-electron chi connectivity index (χ4n) is 4.72. The van der Waals surface area contributed by atoms with Gasteiger partial charge in [0, 0.05) is 49.2 Å². The summed E-state index contributed by atoms with van der Waals surface area (Å²) in [6, 6.07) is 5.65. The molecule has 30 heavy (non-hydrogen) atoms. The molecule has 2 atom stereocenters. The SMILES string of the molecule is Cc1ncc(CN2CC[C@H]3[C@H]2CCCCC(=O)N3Cc2cccc(C(F)(F)F)c2)s1. The zero-order valence-corrected chi connectivity index (χ0v) is 17.8. The molecule has 4 nitrogen and oxygen atoms in total. The number of aryl methyl sites for hydroxylation is 1. The highest BCUT2D eigenvalue weighted by Gasteiger charge is 2.40. The average molecular weight is 438 g/mol. The molecule has 2 fully saturated rings. The van der Waals surface area contributed by atoms with Crippen LogP contribution in [0, 0.1) is 6.92 Å². The van der Waals surface area contributed by atoms with Gasteiger partial charge in [-0.05, 0) is 43.9 Å². The van der Waals surface area contributed by atoms with Crippen molar-refractivity contribution in [1.82, 2.24) is 14.8 Å². The van der Waals surface area contributed by atoms with Gasteiger partial charge in [0.2, 0.25) is 5.91 Å². The maximum atomic E-state index is 13.1. The van der Waals surface area contributed by atoms with Gasteiger partial charge in [-0.1, -0.05) is 18.6 Å². The molecule has 2 saturated heterocycles. The van der Waals surface area contributed by atoms with E-state index in [4.69, 9.17) is 0 Å². The number of likely N-dealkylation sites (tertiary alicyclic amines) is 2. The van der Waals surface area contributed by atoms with E-state index in [0.29, 0.717) is 12.0 Å². The van der Waals surface area contributed by atoms with E-state index in [1.165, 1.54) is 17.0 Å². The molecule has 3 heterocycles. The maximum absolute atomic E-state index is 13.1. The van der Waals surface area contributed by atoms with Gasteiger partial charge >= 0.3 is 6.18 Å². The van der Waals surface area contributed by atoms with Gasteiger partial charge in [0.05, 0.1) is 10.6 Å². The maximum Gasteiger partial charge on any atom is 0.416 e. The van der Waals surface area contributed by atoms with E-state index in [-0.39, 0.29) is 24.5 Å². The van der Waals surface area contributed by atoms with Crippen molar-refractivity contribution >= 4 is 17.2 Å². The Morgan fingerprint density at radius 2 is 2.00 bits per heavy atom. The van der Waals surface area contributed by atoms with Crippen molar-refractivity contribution < 1.29 is 18.0 Å². The molecule has 2 aromatic rings. The second-order valence-electron chi connectivity index (χ2n) is 8.20. The van der Waals surface area contributed by atoms with Gasteiger partial charge in [-0.15, -0.1) is 11.3 Å². The number of alkyl halides is 3. The van der Waals surface area contributed by atoms with Crippen molar-refractivity contribution in [3.05, 3.63) is 51.5 Å². The van der Waals surface area contributed by atoms with Crippen LogP contribution in [-0.2, 0) is 24.1 Å². The molecule has 0 aliphatic carbocycles. The molecule has 2 aliphatic rings. The quantitative estimate of drug-likeness (QED) is 0.674. The van der Waals surface area contributed by atoms with E-state index in [0.717, 1.165) is 49.8 Å². The zero-order chi connectivity index (χ0) is 21.3. The smallest absolute Gasteiger partial charge is 0.334 e. The molecule has 0 N–H and O–H groups in total. The summed E-state index contributed by atoms with van der Waals surface area (Å²) in [6.45, 7) is 3.93. The van der Waals surface area contributed by atoms with Gasteiger partial charge in [-0.3, -0.25) is 9.69 Å². The molecular weight excluding hydrogens is 411 g/mol. The predicted octanol–water partition coefficient (Wildman–Crippen LogP) is 5.02. The van der Waals surface area contributed by atoms with Crippen molar-refractivity contribution in [1.29, 1.82) is 0 Å². The van der Waals surface area contributed by atoms with E-state index < -0.39 is 11.7 Å². The van der Waals surface area contributed by atoms with Gasteiger partial charge in [0.15, 0.2) is 0 Å². The average Bonchev–Trinajstić information content (AvgIpc) is 3.27. The molecule has 1 amide bonds. The monoisotopic (exact) mass is 437 g/mol. The standard InChI is InChI=1S/C22H26F3N3OS/c1-15-26-12-18(30-15)14-27-10-9-20-19(27)7-2-3-8-21(29)28(20)13-16-5-4-6-17(11-16)22(23,24)25/h4-6,11-12,19-20H,2-3,7-10,13-14H2,1H3/t19-,20+/m1/s1. The molecule has 0 unspecified atom stereocenters. The summed E-state index contributed by atoms with van der Waals surface area (Å²) in [5, 5.41) is 1.04. The number of benzene rings is 1. The number of carbonyl (C=O) groups is 1. The van der Waals surface area contributed by atoms with Crippen molar-refractivity contribution in [2.45, 2.75) is 70.4 Å². The number of aromatic nitrogens is 1. The molecule has 1 aromatic carbocycles. The van der Waals surface area contributed by atoms with Crippen LogP contribution < -0.4 is 0 Å². The molecule has 4 rings (SSSR count). The molecule has 2 aliphatic heterocycles. The molecule has 0 radical (unpaired) electrons. The van der Waals surface area contributed by atoms with E-state index in [9.17, 15) is 18.0 Å². The third-order valence-corrected chi connectivity index (χ3v) is 7.02. The van der Waals surface area contributed by atoms with Crippen molar-refractivity contribution in [3.8, 4) is 0 Å². The van der Waals surface area contributed by atoms with E-state index in [1.807, 2.05) is 18.0 Å². The number of rotatable bonds is 4. The minimum atomic E-state index is -4.38. The number of halogens is 3. The summed E-state index contributed by atoms with van der Waals surface area (Å²) in [7, 11) is 0. The molecule has 0 saturated carbocycles. The highest BCUT2D eigenvalue weighted by molar-refractivity contribution is 7.11. The lowest BCUT2D eigenvalue weighted by atomic mass is 9.96. The predicted molar refractivity (Wildman–Crippen MR) is 110 cm³/mol. The first kappa shape index (κ1) is 21.3. The second kappa shape index (κ2) is 8.67. The Morgan fingerprint density at radius 1 is 1.17 bits per heavy atom. The van der Waals surface area contributed by atoms with E-state index >= 15 is 0 Å². The highest BCUT2D eigenvalue weighted by Crippen LogP contribution is 2.34. The Hall–Kier alpha value is -1.93. The van der Waals surface area contributed by atoms with E-state index in [2.05, 4.69) is 9.88 Å². The zero-order valence-electron chi connectivity index (χ0n) is 17.0. The van der Waals surface area contributed by atoms with Crippen LogP contribution in [0.4, 0.5) is 13.2 Å². The van der Waals surface area contributed by atoms with Crippen molar-refractivity contribution in [2.24, 2.45) is 0 Å². The lowest BCUT2D eigenvalue weighted by molar-refractivity contribution is -0.137. The number of fused-ring (bicyclic) bond motifs is 1. The van der Waals surface area contributed by atoms with Crippen LogP contribution in [0.25, 0.3) is 0 Å². The van der Waals surface area contributed by atoms with Crippen molar-refractivity contribution in [2.75, 3.05) is 6.54 Å². The Balaban J connectivity index is 1.55. The van der Waals surface area contributed by atoms with Gasteiger partial charge in [0.25, 0.3) is 0 Å². The Labute approximate surface area is 178 Å². The van der Waals surface area contributed by atoms with Crippen LogP contribution in [0.15, 0.2) is 30.5 Å². The van der Waals surface area contributed by atoms with Crippen LogP contribution >= 0.6 is 11.3 Å². The first-order valence-electron chi connectivity index (χ1n) is 10.4. The van der Waals surface area contributed by atoms with Gasteiger partial charge in [-0.25, -0.2) is 4.98 Å². The third-order valence-electron chi connectivity index (χ3n) is 6.12. The van der Waals surface area contributed by atoms with Gasteiger partial charge < -0.3 is 4.90 Å². The third kappa shape index (κ3) is 4.70. The summed E-state index contributed by atoms with van der Waals surface area (Å²) in [6.07, 6.45) is 1.70. The van der Waals surface area contributed by atoms with E-state index in [1.54, 1.807) is 17.4 Å². The summed E-state index contributed by atoms with van der Waals surface area (Å²) in [5.41, 5.74) is -0.126. The first-order valence-corrected chi connectivity index (χ1v) is 11.2. The molecule has 1 aromatic heterocycles. The van der Waals surface area contributed by atoms with Crippen LogP contribution in [0.2, 0.25) is 0 Å². The fraction of sp³-hybridized carbons (Fsp3) is 0.545. The Bertz CT molecular complexity index is 898. The first-order chi connectivity index (χ1) is 14.3. The molecule has 8 heteroatoms. The van der Waals surface area contributed by atoms with Crippen LogP contribution in [0.3, 0.4) is 0 Å². The molecule has 0 spiro atoms. The minimum Gasteiger partial charge on any atom is -0.334 e. The number of nitrogens with zero attached hydrogens (tertiary/aromatic N) is 3.